The second-order valence-corrected chi connectivity index (χ2v) is 10.9. The molecule has 12 nitrogen and oxygen atoms in total. The van der Waals surface area contributed by atoms with Gasteiger partial charge in [0.15, 0.2) is 0 Å². The van der Waals surface area contributed by atoms with Gasteiger partial charge in [-0.15, -0.1) is 0 Å². The fourth-order valence-corrected chi connectivity index (χ4v) is 4.57. The van der Waals surface area contributed by atoms with Crippen LogP contribution in [0.15, 0.2) is 36.4 Å². The van der Waals surface area contributed by atoms with E-state index in [1.165, 1.54) is 17.1 Å². The highest BCUT2D eigenvalue weighted by Gasteiger charge is 2.31. The van der Waals surface area contributed by atoms with Crippen LogP contribution in [0.3, 0.4) is 0 Å². The maximum atomic E-state index is 12.6. The molecule has 1 heterocycles. The van der Waals surface area contributed by atoms with Crippen LogP contribution in [0.4, 0.5) is 10.5 Å². The van der Waals surface area contributed by atoms with Gasteiger partial charge in [0.2, 0.25) is 17.7 Å². The quantitative estimate of drug-likeness (QED) is 0.279. The van der Waals surface area contributed by atoms with E-state index in [9.17, 15) is 28.8 Å². The maximum Gasteiger partial charge on any atom is 0.407 e. The van der Waals surface area contributed by atoms with E-state index in [1.54, 1.807) is 31.2 Å². The van der Waals surface area contributed by atoms with Crippen molar-refractivity contribution in [2.75, 3.05) is 25.0 Å². The van der Waals surface area contributed by atoms with E-state index in [0.717, 1.165) is 5.56 Å². The van der Waals surface area contributed by atoms with Gasteiger partial charge in [-0.2, -0.15) is 0 Å². The molecule has 1 atom stereocenters. The third kappa shape index (κ3) is 10.0. The Labute approximate surface area is 239 Å². The first-order chi connectivity index (χ1) is 19.5. The second-order valence-electron chi connectivity index (χ2n) is 10.9. The molecule has 0 saturated heterocycles. The first kappa shape index (κ1) is 31.3. The summed E-state index contributed by atoms with van der Waals surface area (Å²) in [6, 6.07) is 5.95. The molecule has 6 amide bonds. The van der Waals surface area contributed by atoms with Crippen LogP contribution in [-0.4, -0.2) is 66.2 Å². The van der Waals surface area contributed by atoms with E-state index in [1.807, 2.05) is 13.8 Å². The summed E-state index contributed by atoms with van der Waals surface area (Å²) in [5.74, 6) is -1.52. The molecule has 1 aliphatic heterocycles. The maximum absolute atomic E-state index is 12.6. The molecule has 3 rings (SSSR count). The number of carbonyl (C=O) groups excluding carboxylic acids is 6. The summed E-state index contributed by atoms with van der Waals surface area (Å²) in [4.78, 5) is 73.8. The minimum absolute atomic E-state index is 0.0934. The van der Waals surface area contributed by atoms with Crippen molar-refractivity contribution >= 4 is 41.3 Å². The number of hydrogen-bond acceptors (Lipinski definition) is 7. The number of ether oxygens (including phenoxy) is 1. The Morgan fingerprint density at radius 1 is 0.927 bits per heavy atom. The van der Waals surface area contributed by atoms with Gasteiger partial charge in [0.1, 0.15) is 12.6 Å². The molecule has 0 unspecified atom stereocenters. The average Bonchev–Trinajstić information content (AvgIpc) is 3.26. The fourth-order valence-electron chi connectivity index (χ4n) is 4.57. The highest BCUT2D eigenvalue weighted by Crippen LogP contribution is 2.30. The summed E-state index contributed by atoms with van der Waals surface area (Å²) in [6.07, 6.45) is 4.68. The Kier molecular flexibility index (Phi) is 11.4. The van der Waals surface area contributed by atoms with Crippen LogP contribution in [0.5, 0.6) is 0 Å². The van der Waals surface area contributed by atoms with Crippen molar-refractivity contribution in [1.82, 2.24) is 20.9 Å². The Hall–Kier alpha value is -4.22. The van der Waals surface area contributed by atoms with E-state index in [-0.39, 0.29) is 42.7 Å². The lowest BCUT2D eigenvalue weighted by molar-refractivity contribution is -0.138. The third-order valence-electron chi connectivity index (χ3n) is 7.00. The molecule has 0 bridgehead atoms. The average molecular weight is 570 g/mol. The number of benzene rings is 1. The van der Waals surface area contributed by atoms with Crippen molar-refractivity contribution in [2.45, 2.75) is 59.1 Å². The molecule has 1 fully saturated rings. The molecule has 222 valence electrons. The van der Waals surface area contributed by atoms with E-state index >= 15 is 0 Å². The van der Waals surface area contributed by atoms with Gasteiger partial charge in [-0.3, -0.25) is 28.9 Å². The molecule has 12 heteroatoms. The number of amides is 6. The summed E-state index contributed by atoms with van der Waals surface area (Å²) >= 11 is 0. The molecule has 1 saturated carbocycles. The normalized spacial score (nSPS) is 19.1. The van der Waals surface area contributed by atoms with Gasteiger partial charge in [0, 0.05) is 36.8 Å². The first-order valence-corrected chi connectivity index (χ1v) is 13.9. The minimum Gasteiger partial charge on any atom is -0.445 e. The van der Waals surface area contributed by atoms with E-state index in [4.69, 9.17) is 4.74 Å². The van der Waals surface area contributed by atoms with Crippen LogP contribution in [-0.2, 0) is 35.3 Å². The Morgan fingerprint density at radius 2 is 1.56 bits per heavy atom. The molecular formula is C29H39N5O7. The van der Waals surface area contributed by atoms with Crippen molar-refractivity contribution in [3.05, 3.63) is 42.0 Å². The van der Waals surface area contributed by atoms with Gasteiger partial charge in [-0.1, -0.05) is 26.0 Å². The standard InChI is InChI=1S/C29H39N5O7/c1-18(2)14-31-29(40)41-17-21-6-10-23(11-7-21)33-27(38)19(3)32-24(35)15-30-28(39)22-8-4-20(5-9-22)16-34-25(36)12-13-26(34)37/h6-7,10-13,18-20,22H,4-5,8-9,14-17H2,1-3H3,(H,30,39)(H,31,40)(H,32,35)(H,33,38)/t19-,20?,22?/m0/s1. The van der Waals surface area contributed by atoms with Crippen LogP contribution in [0.25, 0.3) is 0 Å². The topological polar surface area (TPSA) is 163 Å². The summed E-state index contributed by atoms with van der Waals surface area (Å²) in [6.45, 7) is 6.24. The smallest absolute Gasteiger partial charge is 0.407 e. The number of alkyl carbamates (subject to hydrolysis) is 1. The predicted molar refractivity (Wildman–Crippen MR) is 150 cm³/mol. The highest BCUT2D eigenvalue weighted by molar-refractivity contribution is 6.12. The molecule has 0 spiro atoms. The Bertz CT molecular complexity index is 1140. The number of rotatable bonds is 12. The van der Waals surface area contributed by atoms with Gasteiger partial charge in [-0.25, -0.2) is 4.79 Å². The molecule has 1 aromatic rings. The Morgan fingerprint density at radius 3 is 2.17 bits per heavy atom. The SMILES string of the molecule is CC(C)CNC(=O)OCc1ccc(NC(=O)[C@H](C)NC(=O)CNC(=O)C2CCC(CN3C(=O)C=CC3=O)CC2)cc1. The van der Waals surface area contributed by atoms with Gasteiger partial charge in [-0.05, 0) is 62.1 Å². The van der Waals surface area contributed by atoms with Crippen molar-refractivity contribution < 1.29 is 33.5 Å². The largest absolute Gasteiger partial charge is 0.445 e. The summed E-state index contributed by atoms with van der Waals surface area (Å²) < 4.78 is 5.15. The van der Waals surface area contributed by atoms with E-state index < -0.39 is 23.9 Å². The summed E-state index contributed by atoms with van der Waals surface area (Å²) in [5, 5.41) is 10.6. The highest BCUT2D eigenvalue weighted by atomic mass is 16.5. The number of nitrogens with zero attached hydrogens (tertiary/aromatic N) is 1. The lowest BCUT2D eigenvalue weighted by Crippen LogP contribution is -2.47. The lowest BCUT2D eigenvalue weighted by atomic mass is 9.81. The number of imide groups is 1. The van der Waals surface area contributed by atoms with Gasteiger partial charge < -0.3 is 26.0 Å². The van der Waals surface area contributed by atoms with Crippen LogP contribution >= 0.6 is 0 Å². The molecule has 0 radical (unpaired) electrons. The fraction of sp³-hybridized carbons (Fsp3) is 0.517. The van der Waals surface area contributed by atoms with E-state index in [2.05, 4.69) is 21.3 Å². The zero-order valence-corrected chi connectivity index (χ0v) is 23.7. The molecule has 2 aliphatic rings. The monoisotopic (exact) mass is 569 g/mol. The lowest BCUT2D eigenvalue weighted by Gasteiger charge is -2.30. The zero-order valence-electron chi connectivity index (χ0n) is 23.7. The molecule has 41 heavy (non-hydrogen) atoms. The van der Waals surface area contributed by atoms with Crippen LogP contribution in [0, 0.1) is 17.8 Å². The van der Waals surface area contributed by atoms with Crippen LogP contribution in [0.2, 0.25) is 0 Å². The number of hydrogen-bond donors (Lipinski definition) is 4. The van der Waals surface area contributed by atoms with Crippen LogP contribution < -0.4 is 21.3 Å². The molecule has 1 aliphatic carbocycles. The van der Waals surface area contributed by atoms with Crippen LogP contribution in [0.1, 0.15) is 52.0 Å². The van der Waals surface area contributed by atoms with Crippen molar-refractivity contribution in [3.63, 3.8) is 0 Å². The summed E-state index contributed by atoms with van der Waals surface area (Å²) in [5.41, 5.74) is 1.27. The number of carbonyl (C=O) groups is 6. The van der Waals surface area contributed by atoms with E-state index in [0.29, 0.717) is 50.4 Å². The number of anilines is 1. The summed E-state index contributed by atoms with van der Waals surface area (Å²) in [7, 11) is 0. The number of nitrogens with one attached hydrogen (secondary N) is 4. The van der Waals surface area contributed by atoms with Crippen molar-refractivity contribution in [1.29, 1.82) is 0 Å². The minimum atomic E-state index is -0.840. The first-order valence-electron chi connectivity index (χ1n) is 13.9. The van der Waals surface area contributed by atoms with Gasteiger partial charge >= 0.3 is 6.09 Å². The van der Waals surface area contributed by atoms with Gasteiger partial charge in [0.25, 0.3) is 11.8 Å². The zero-order chi connectivity index (χ0) is 29.9. The third-order valence-corrected chi connectivity index (χ3v) is 7.00. The van der Waals surface area contributed by atoms with Crippen molar-refractivity contribution in [2.24, 2.45) is 17.8 Å². The molecule has 0 aromatic heterocycles. The van der Waals surface area contributed by atoms with Crippen molar-refractivity contribution in [3.8, 4) is 0 Å². The predicted octanol–water partition coefficient (Wildman–Crippen LogP) is 1.86. The second kappa shape index (κ2) is 15.0. The molecule has 4 N–H and O–H groups in total. The molecule has 1 aromatic carbocycles. The van der Waals surface area contributed by atoms with Gasteiger partial charge in [0.05, 0.1) is 6.54 Å². The molecular weight excluding hydrogens is 530 g/mol. The Balaban J connectivity index is 1.32.